The third kappa shape index (κ3) is 5.63. The van der Waals surface area contributed by atoms with E-state index in [1.807, 2.05) is 18.2 Å². The predicted octanol–water partition coefficient (Wildman–Crippen LogP) is 2.76. The number of likely N-dealkylation sites (tertiary alicyclic amines) is 1. The molecule has 126 valence electrons. The lowest BCUT2D eigenvalue weighted by atomic mass is 10.1. The molecule has 7 heteroatoms. The minimum atomic E-state index is -0.281. The molecule has 0 bridgehead atoms. The Morgan fingerprint density at radius 3 is 2.74 bits per heavy atom. The van der Waals surface area contributed by atoms with Crippen LogP contribution in [0.3, 0.4) is 0 Å². The summed E-state index contributed by atoms with van der Waals surface area (Å²) in [6.07, 6.45) is 1.17. The number of hydrogen-bond acceptors (Lipinski definition) is 3. The van der Waals surface area contributed by atoms with Crippen molar-refractivity contribution < 1.29 is 14.3 Å². The molecule has 1 aliphatic rings. The molecule has 0 aromatic heterocycles. The van der Waals surface area contributed by atoms with Gasteiger partial charge in [-0.1, -0.05) is 23.7 Å². The highest BCUT2D eigenvalue weighted by Crippen LogP contribution is 2.12. The van der Waals surface area contributed by atoms with Crippen LogP contribution in [0, 0.1) is 0 Å². The molecule has 1 aliphatic heterocycles. The van der Waals surface area contributed by atoms with Crippen LogP contribution >= 0.6 is 11.6 Å². The summed E-state index contributed by atoms with van der Waals surface area (Å²) in [6.45, 7) is 3.78. The van der Waals surface area contributed by atoms with Gasteiger partial charge in [-0.25, -0.2) is 9.59 Å². The molecule has 23 heavy (non-hydrogen) atoms. The Bertz CT molecular complexity index is 545. The van der Waals surface area contributed by atoms with Gasteiger partial charge in [0.15, 0.2) is 0 Å². The summed E-state index contributed by atoms with van der Waals surface area (Å²) in [4.78, 5) is 25.2. The Morgan fingerprint density at radius 2 is 2.09 bits per heavy atom. The number of urea groups is 1. The maximum atomic E-state index is 11.9. The maximum Gasteiger partial charge on any atom is 0.409 e. The van der Waals surface area contributed by atoms with Gasteiger partial charge in [-0.15, -0.1) is 0 Å². The molecule has 1 heterocycles. The fraction of sp³-hybridized carbons (Fsp3) is 0.500. The minimum absolute atomic E-state index is 0.0695. The Morgan fingerprint density at radius 1 is 1.35 bits per heavy atom. The summed E-state index contributed by atoms with van der Waals surface area (Å²) >= 11 is 5.91. The van der Waals surface area contributed by atoms with Crippen molar-refractivity contribution >= 4 is 23.7 Å². The zero-order valence-corrected chi connectivity index (χ0v) is 13.9. The molecule has 1 saturated heterocycles. The Labute approximate surface area is 141 Å². The molecule has 2 rings (SSSR count). The van der Waals surface area contributed by atoms with Gasteiger partial charge in [0.25, 0.3) is 0 Å². The molecule has 0 spiro atoms. The van der Waals surface area contributed by atoms with E-state index in [1.165, 1.54) is 0 Å². The van der Waals surface area contributed by atoms with Crippen molar-refractivity contribution in [1.82, 2.24) is 15.5 Å². The monoisotopic (exact) mass is 339 g/mol. The van der Waals surface area contributed by atoms with E-state index in [9.17, 15) is 9.59 Å². The van der Waals surface area contributed by atoms with Crippen molar-refractivity contribution in [3.63, 3.8) is 0 Å². The van der Waals surface area contributed by atoms with Gasteiger partial charge >= 0.3 is 12.1 Å². The number of carbonyl (C=O) groups is 2. The lowest BCUT2D eigenvalue weighted by Gasteiger charge is -2.31. The fourth-order valence-electron chi connectivity index (χ4n) is 2.49. The van der Waals surface area contributed by atoms with Crippen LogP contribution in [0.1, 0.15) is 25.3 Å². The molecule has 2 N–H and O–H groups in total. The molecular formula is C16H22ClN3O3. The van der Waals surface area contributed by atoms with Crippen LogP contribution in [0.25, 0.3) is 0 Å². The molecule has 0 unspecified atom stereocenters. The number of amides is 3. The van der Waals surface area contributed by atoms with Gasteiger partial charge in [0.1, 0.15) is 0 Å². The molecule has 1 aromatic carbocycles. The number of halogens is 1. The Hall–Kier alpha value is -1.95. The van der Waals surface area contributed by atoms with E-state index in [0.717, 1.165) is 18.4 Å². The Kier molecular flexibility index (Phi) is 6.52. The summed E-state index contributed by atoms with van der Waals surface area (Å²) in [5.41, 5.74) is 0.949. The van der Waals surface area contributed by atoms with Crippen LogP contribution in [-0.2, 0) is 11.3 Å². The number of nitrogens with zero attached hydrogens (tertiary/aromatic N) is 1. The first-order chi connectivity index (χ1) is 11.1. The largest absolute Gasteiger partial charge is 0.450 e. The maximum absolute atomic E-state index is 11.9. The van der Waals surface area contributed by atoms with E-state index in [1.54, 1.807) is 17.9 Å². The van der Waals surface area contributed by atoms with Gasteiger partial charge in [-0.2, -0.15) is 0 Å². The number of benzene rings is 1. The second kappa shape index (κ2) is 8.62. The van der Waals surface area contributed by atoms with E-state index >= 15 is 0 Å². The number of rotatable bonds is 4. The summed E-state index contributed by atoms with van der Waals surface area (Å²) in [6, 6.07) is 7.23. The quantitative estimate of drug-likeness (QED) is 0.886. The zero-order valence-electron chi connectivity index (χ0n) is 13.2. The molecule has 1 aromatic rings. The number of carbonyl (C=O) groups excluding carboxylic acids is 2. The molecule has 6 nitrogen and oxygen atoms in total. The topological polar surface area (TPSA) is 70.7 Å². The van der Waals surface area contributed by atoms with Gasteiger partial charge in [0.2, 0.25) is 0 Å². The van der Waals surface area contributed by atoms with Crippen molar-refractivity contribution in [3.8, 4) is 0 Å². The first-order valence-corrected chi connectivity index (χ1v) is 8.16. The van der Waals surface area contributed by atoms with E-state index in [0.29, 0.717) is 31.3 Å². The van der Waals surface area contributed by atoms with Gasteiger partial charge in [0, 0.05) is 30.7 Å². The van der Waals surface area contributed by atoms with Crippen molar-refractivity contribution in [2.75, 3.05) is 19.7 Å². The van der Waals surface area contributed by atoms with Gasteiger partial charge in [-0.3, -0.25) is 0 Å². The summed E-state index contributed by atoms with van der Waals surface area (Å²) < 4.78 is 4.97. The lowest BCUT2D eigenvalue weighted by molar-refractivity contribution is 0.0957. The number of hydrogen-bond donors (Lipinski definition) is 2. The van der Waals surface area contributed by atoms with E-state index in [2.05, 4.69) is 10.6 Å². The van der Waals surface area contributed by atoms with Crippen molar-refractivity contribution in [1.29, 1.82) is 0 Å². The van der Waals surface area contributed by atoms with Crippen molar-refractivity contribution in [3.05, 3.63) is 34.9 Å². The predicted molar refractivity (Wildman–Crippen MR) is 88.4 cm³/mol. The summed E-state index contributed by atoms with van der Waals surface area (Å²) in [5, 5.41) is 6.40. The zero-order chi connectivity index (χ0) is 16.7. The van der Waals surface area contributed by atoms with Crippen LogP contribution in [0.4, 0.5) is 9.59 Å². The van der Waals surface area contributed by atoms with Gasteiger partial charge < -0.3 is 20.3 Å². The average molecular weight is 340 g/mol. The number of nitrogens with one attached hydrogen (secondary N) is 2. The number of piperidine rings is 1. The fourth-order valence-corrected chi connectivity index (χ4v) is 2.70. The average Bonchev–Trinajstić information content (AvgIpc) is 2.54. The second-order valence-electron chi connectivity index (χ2n) is 5.42. The van der Waals surface area contributed by atoms with Crippen LogP contribution in [-0.4, -0.2) is 42.8 Å². The SMILES string of the molecule is CCOC(=O)N1CCC(NC(=O)NCc2cccc(Cl)c2)CC1. The highest BCUT2D eigenvalue weighted by molar-refractivity contribution is 6.30. The highest BCUT2D eigenvalue weighted by atomic mass is 35.5. The molecule has 0 radical (unpaired) electrons. The van der Waals surface area contributed by atoms with Gasteiger partial charge in [-0.05, 0) is 37.5 Å². The minimum Gasteiger partial charge on any atom is -0.450 e. The molecule has 0 saturated carbocycles. The molecule has 1 fully saturated rings. The highest BCUT2D eigenvalue weighted by Gasteiger charge is 2.24. The Balaban J connectivity index is 1.69. The first-order valence-electron chi connectivity index (χ1n) is 7.79. The third-order valence-electron chi connectivity index (χ3n) is 3.70. The van der Waals surface area contributed by atoms with E-state index in [-0.39, 0.29) is 18.2 Å². The summed E-state index contributed by atoms with van der Waals surface area (Å²) in [5.74, 6) is 0. The first kappa shape index (κ1) is 17.4. The third-order valence-corrected chi connectivity index (χ3v) is 3.93. The van der Waals surface area contributed by atoms with Crippen LogP contribution < -0.4 is 10.6 Å². The molecule has 0 aliphatic carbocycles. The summed E-state index contributed by atoms with van der Waals surface area (Å²) in [7, 11) is 0. The molecular weight excluding hydrogens is 318 g/mol. The number of ether oxygens (including phenoxy) is 1. The van der Waals surface area contributed by atoms with Crippen LogP contribution in [0.15, 0.2) is 24.3 Å². The van der Waals surface area contributed by atoms with Crippen molar-refractivity contribution in [2.45, 2.75) is 32.4 Å². The van der Waals surface area contributed by atoms with Gasteiger partial charge in [0.05, 0.1) is 6.61 Å². The molecule has 3 amide bonds. The smallest absolute Gasteiger partial charge is 0.409 e. The van der Waals surface area contributed by atoms with E-state index in [4.69, 9.17) is 16.3 Å². The second-order valence-corrected chi connectivity index (χ2v) is 5.85. The standard InChI is InChI=1S/C16H22ClN3O3/c1-2-23-16(22)20-8-6-14(7-9-20)19-15(21)18-11-12-4-3-5-13(17)10-12/h3-5,10,14H,2,6-9,11H2,1H3,(H2,18,19,21). The van der Waals surface area contributed by atoms with Crippen LogP contribution in [0.5, 0.6) is 0 Å². The van der Waals surface area contributed by atoms with E-state index < -0.39 is 0 Å². The normalized spacial score (nSPS) is 15.1. The van der Waals surface area contributed by atoms with Crippen LogP contribution in [0.2, 0.25) is 5.02 Å². The lowest BCUT2D eigenvalue weighted by Crippen LogP contribution is -2.49. The molecule has 0 atom stereocenters. The van der Waals surface area contributed by atoms with Crippen molar-refractivity contribution in [2.24, 2.45) is 0 Å².